The number of fused-ring (bicyclic) bond motifs is 1. The first-order valence-corrected chi connectivity index (χ1v) is 14.5. The summed E-state index contributed by atoms with van der Waals surface area (Å²) in [5, 5.41) is 11.7. The summed E-state index contributed by atoms with van der Waals surface area (Å²) in [5.74, 6) is -1.32. The molecule has 0 unspecified atom stereocenters. The van der Waals surface area contributed by atoms with Gasteiger partial charge in [0.25, 0.3) is 5.95 Å². The van der Waals surface area contributed by atoms with Gasteiger partial charge in [-0.25, -0.2) is 4.79 Å². The van der Waals surface area contributed by atoms with E-state index in [0.29, 0.717) is 12.1 Å². The van der Waals surface area contributed by atoms with Crippen LogP contribution in [0.5, 0.6) is 0 Å². The number of benzene rings is 2. The van der Waals surface area contributed by atoms with Gasteiger partial charge >= 0.3 is 30.6 Å². The number of hydrogen-bond acceptors (Lipinski definition) is 9. The van der Waals surface area contributed by atoms with Crippen molar-refractivity contribution in [2.24, 2.45) is 5.73 Å². The summed E-state index contributed by atoms with van der Waals surface area (Å²) in [6.45, 7) is 3.40. The summed E-state index contributed by atoms with van der Waals surface area (Å²) in [4.78, 5) is 28.0. The fourth-order valence-corrected chi connectivity index (χ4v) is 5.30. The number of ether oxygens (including phenoxy) is 2. The third-order valence-electron chi connectivity index (χ3n) is 7.45. The van der Waals surface area contributed by atoms with Crippen molar-refractivity contribution >= 4 is 23.7 Å². The standard InChI is InChI=1S/C29H30F9N7O4/c1-14(2)49-26(47)45-15(3)7-23(20-11-17(27(30,31)32)5-6-22(20)45)43(25-40-42-44(41-25)13-21(39)24(46)48-4)12-16-8-18(28(33,34)35)10-19(9-16)29(36,37)38/h5-6,8-11,14-15,21,23H,7,12-13,39H2,1-4H3/t15-,21-,23-/m1/s1. The molecular formula is C29H30F9N7O4. The van der Waals surface area contributed by atoms with Crippen LogP contribution in [0.3, 0.4) is 0 Å². The lowest BCUT2D eigenvalue weighted by Gasteiger charge is -2.43. The van der Waals surface area contributed by atoms with Crippen molar-refractivity contribution in [3.05, 3.63) is 64.2 Å². The van der Waals surface area contributed by atoms with E-state index in [2.05, 4.69) is 20.1 Å². The van der Waals surface area contributed by atoms with Crippen molar-refractivity contribution in [3.63, 3.8) is 0 Å². The minimum Gasteiger partial charge on any atom is -0.468 e. The number of amides is 1. The van der Waals surface area contributed by atoms with Crippen molar-refractivity contribution in [2.75, 3.05) is 16.9 Å². The van der Waals surface area contributed by atoms with Crippen LogP contribution >= 0.6 is 0 Å². The van der Waals surface area contributed by atoms with E-state index in [1.807, 2.05) is 0 Å². The van der Waals surface area contributed by atoms with Crippen LogP contribution in [0.1, 0.15) is 61.1 Å². The Kier molecular flexibility index (Phi) is 10.4. The molecular weight excluding hydrogens is 681 g/mol. The molecule has 11 nitrogen and oxygen atoms in total. The molecule has 1 amide bonds. The first-order chi connectivity index (χ1) is 22.6. The molecule has 1 aliphatic heterocycles. The van der Waals surface area contributed by atoms with E-state index < -0.39 is 96.1 Å². The van der Waals surface area contributed by atoms with Gasteiger partial charge < -0.3 is 20.1 Å². The van der Waals surface area contributed by atoms with Crippen LogP contribution in [-0.4, -0.2) is 57.6 Å². The molecule has 2 heterocycles. The predicted octanol–water partition coefficient (Wildman–Crippen LogP) is 6.12. The molecule has 0 fully saturated rings. The number of hydrogen-bond donors (Lipinski definition) is 1. The van der Waals surface area contributed by atoms with Gasteiger partial charge in [0.15, 0.2) is 0 Å². The molecule has 1 aromatic heterocycles. The largest absolute Gasteiger partial charge is 0.468 e. The quantitative estimate of drug-likeness (QED) is 0.217. The normalized spacial score (nSPS) is 17.5. The summed E-state index contributed by atoms with van der Waals surface area (Å²) < 4.78 is 134. The topological polar surface area (TPSA) is 129 Å². The van der Waals surface area contributed by atoms with Gasteiger partial charge in [0, 0.05) is 12.6 Å². The molecule has 20 heteroatoms. The van der Waals surface area contributed by atoms with Crippen molar-refractivity contribution in [1.82, 2.24) is 20.2 Å². The van der Waals surface area contributed by atoms with Crippen molar-refractivity contribution in [2.45, 2.75) is 83.0 Å². The maximum atomic E-state index is 14.0. The molecule has 3 aromatic rings. The lowest BCUT2D eigenvalue weighted by molar-refractivity contribution is -0.144. The second-order valence-electron chi connectivity index (χ2n) is 11.5. The molecule has 0 aliphatic carbocycles. The SMILES string of the molecule is COC(=O)[C@H](N)Cn1nnc(N(Cc2cc(C(F)(F)F)cc(C(F)(F)F)c2)[C@@H]2C[C@@H](C)N(C(=O)OC(C)C)c3ccc(C(F)(F)F)cc32)n1. The van der Waals surface area contributed by atoms with Crippen molar-refractivity contribution < 1.29 is 58.6 Å². The van der Waals surface area contributed by atoms with Gasteiger partial charge in [-0.05, 0) is 79.9 Å². The molecule has 49 heavy (non-hydrogen) atoms. The molecule has 4 rings (SSSR count). The average Bonchev–Trinajstić information content (AvgIpc) is 3.44. The Morgan fingerprint density at radius 3 is 2.08 bits per heavy atom. The number of nitrogens with two attached hydrogens (primary N) is 1. The Morgan fingerprint density at radius 2 is 1.55 bits per heavy atom. The third-order valence-corrected chi connectivity index (χ3v) is 7.45. The molecule has 268 valence electrons. The van der Waals surface area contributed by atoms with Crippen LogP contribution < -0.4 is 15.5 Å². The smallest absolute Gasteiger partial charge is 0.416 e. The Balaban J connectivity index is 1.93. The molecule has 0 saturated heterocycles. The molecule has 0 spiro atoms. The van der Waals surface area contributed by atoms with Crippen molar-refractivity contribution in [1.29, 1.82) is 0 Å². The van der Waals surface area contributed by atoms with Gasteiger partial charge in [-0.2, -0.15) is 44.3 Å². The monoisotopic (exact) mass is 711 g/mol. The first-order valence-electron chi connectivity index (χ1n) is 14.5. The number of alkyl halides is 9. The maximum Gasteiger partial charge on any atom is 0.416 e. The van der Waals surface area contributed by atoms with E-state index in [9.17, 15) is 49.1 Å². The Labute approximate surface area is 272 Å². The van der Waals surface area contributed by atoms with Gasteiger partial charge in [0.2, 0.25) is 0 Å². The van der Waals surface area contributed by atoms with Crippen LogP contribution in [0.4, 0.5) is 55.9 Å². The number of rotatable bonds is 8. The van der Waals surface area contributed by atoms with E-state index in [1.54, 1.807) is 13.8 Å². The highest BCUT2D eigenvalue weighted by Crippen LogP contribution is 2.45. The highest BCUT2D eigenvalue weighted by molar-refractivity contribution is 5.90. The van der Waals surface area contributed by atoms with Gasteiger partial charge in [0.1, 0.15) is 6.04 Å². The third kappa shape index (κ3) is 8.52. The summed E-state index contributed by atoms with van der Waals surface area (Å²) >= 11 is 0. The number of anilines is 2. The van der Waals surface area contributed by atoms with Gasteiger partial charge in [-0.3, -0.25) is 9.69 Å². The molecule has 1 aliphatic rings. The van der Waals surface area contributed by atoms with E-state index in [1.165, 1.54) is 6.92 Å². The van der Waals surface area contributed by atoms with Gasteiger partial charge in [-0.1, -0.05) is 5.10 Å². The van der Waals surface area contributed by atoms with Gasteiger partial charge in [0.05, 0.1) is 48.2 Å². The number of carbonyl (C=O) groups is 2. The molecule has 2 aromatic carbocycles. The second kappa shape index (κ2) is 13.7. The Morgan fingerprint density at radius 1 is 0.959 bits per heavy atom. The molecule has 0 bridgehead atoms. The number of esters is 1. The summed E-state index contributed by atoms with van der Waals surface area (Å²) in [5.41, 5.74) is 0.559. The Hall–Kier alpha value is -4.62. The summed E-state index contributed by atoms with van der Waals surface area (Å²) in [7, 11) is 1.06. The summed E-state index contributed by atoms with van der Waals surface area (Å²) in [6, 6.07) is -0.114. The van der Waals surface area contributed by atoms with E-state index in [-0.39, 0.29) is 23.7 Å². The fourth-order valence-electron chi connectivity index (χ4n) is 5.30. The minimum absolute atomic E-state index is 0.0625. The molecule has 0 saturated carbocycles. The highest BCUT2D eigenvalue weighted by Gasteiger charge is 2.42. The molecule has 2 N–H and O–H groups in total. The Bertz CT molecular complexity index is 1640. The molecule has 0 radical (unpaired) electrons. The lowest BCUT2D eigenvalue weighted by Crippen LogP contribution is -2.47. The van der Waals surface area contributed by atoms with E-state index in [4.69, 9.17) is 10.5 Å². The number of nitrogens with zero attached hydrogens (tertiary/aromatic N) is 6. The zero-order valence-corrected chi connectivity index (χ0v) is 26.2. The summed E-state index contributed by atoms with van der Waals surface area (Å²) in [6.07, 6.45) is -17.0. The first kappa shape index (κ1) is 37.2. The van der Waals surface area contributed by atoms with Crippen LogP contribution in [0.25, 0.3) is 0 Å². The zero-order chi connectivity index (χ0) is 36.6. The maximum absolute atomic E-state index is 14.0. The number of methoxy groups -OCH3 is 1. The molecule has 3 atom stereocenters. The van der Waals surface area contributed by atoms with Crippen LogP contribution in [0.15, 0.2) is 36.4 Å². The number of aromatic nitrogens is 4. The minimum atomic E-state index is -5.20. The van der Waals surface area contributed by atoms with Crippen molar-refractivity contribution in [3.8, 4) is 0 Å². The number of tetrazole rings is 1. The lowest BCUT2D eigenvalue weighted by atomic mass is 9.89. The zero-order valence-electron chi connectivity index (χ0n) is 26.2. The van der Waals surface area contributed by atoms with Gasteiger partial charge in [-0.15, -0.1) is 5.10 Å². The second-order valence-corrected chi connectivity index (χ2v) is 11.5. The van der Waals surface area contributed by atoms with E-state index in [0.717, 1.165) is 39.9 Å². The fraction of sp³-hybridized carbons (Fsp3) is 0.483. The van der Waals surface area contributed by atoms with Crippen LogP contribution in [0, 0.1) is 0 Å². The van der Waals surface area contributed by atoms with Crippen LogP contribution in [-0.2, 0) is 45.9 Å². The van der Waals surface area contributed by atoms with E-state index >= 15 is 0 Å². The average molecular weight is 712 g/mol. The predicted molar refractivity (Wildman–Crippen MR) is 153 cm³/mol. The highest BCUT2D eigenvalue weighted by atomic mass is 19.4. The number of halogens is 9. The van der Waals surface area contributed by atoms with Crippen LogP contribution in [0.2, 0.25) is 0 Å². The number of carbonyl (C=O) groups excluding carboxylic acids is 2.